The summed E-state index contributed by atoms with van der Waals surface area (Å²) in [5, 5.41) is 8.40. The van der Waals surface area contributed by atoms with Gasteiger partial charge in [0.25, 0.3) is 5.91 Å². The lowest BCUT2D eigenvalue weighted by Gasteiger charge is -2.20. The summed E-state index contributed by atoms with van der Waals surface area (Å²) >= 11 is 6.10. The fourth-order valence-electron chi connectivity index (χ4n) is 1.94. The van der Waals surface area contributed by atoms with Crippen molar-refractivity contribution in [3.8, 4) is 5.75 Å². The number of carbonyl (C=O) groups is 2. The smallest absolute Gasteiger partial charge is 0.319 e. The molecule has 1 atom stereocenters. The van der Waals surface area contributed by atoms with Gasteiger partial charge in [0.2, 0.25) is 0 Å². The number of nitrogens with one attached hydrogen (secondary N) is 3. The van der Waals surface area contributed by atoms with Crippen LogP contribution in [0.4, 0.5) is 16.2 Å². The highest BCUT2D eigenvalue weighted by Gasteiger charge is 2.19. The number of anilines is 2. The standard InChI is InChI=1S/C14H18ClN3O4/c1-8(3-4-21-2)16-14(20)18-10-6-12-11(5-9(10)15)17-13(19)7-22-12/h5-6,8H,3-4,7H2,1-2H3,(H,17,19)(H2,16,18,20)/t8-/m1/s1. The van der Waals surface area contributed by atoms with Gasteiger partial charge in [0.1, 0.15) is 5.75 Å². The number of ether oxygens (including phenoxy) is 2. The lowest BCUT2D eigenvalue weighted by molar-refractivity contribution is -0.118. The summed E-state index contributed by atoms with van der Waals surface area (Å²) in [6.07, 6.45) is 0.705. The van der Waals surface area contributed by atoms with Crippen molar-refractivity contribution in [1.82, 2.24) is 5.32 Å². The average molecular weight is 328 g/mol. The normalized spacial score (nSPS) is 14.4. The van der Waals surface area contributed by atoms with Crippen LogP contribution in [0.1, 0.15) is 13.3 Å². The van der Waals surface area contributed by atoms with E-state index in [4.69, 9.17) is 21.1 Å². The molecule has 2 rings (SSSR count). The lowest BCUT2D eigenvalue weighted by atomic mass is 10.2. The number of amides is 3. The first-order chi connectivity index (χ1) is 10.5. The van der Waals surface area contributed by atoms with Gasteiger partial charge in [0.05, 0.1) is 16.4 Å². The van der Waals surface area contributed by atoms with Crippen LogP contribution in [0.3, 0.4) is 0 Å². The van der Waals surface area contributed by atoms with E-state index in [9.17, 15) is 9.59 Å². The van der Waals surface area contributed by atoms with Crippen LogP contribution in [0.15, 0.2) is 12.1 Å². The van der Waals surface area contributed by atoms with Gasteiger partial charge in [-0.25, -0.2) is 4.79 Å². The van der Waals surface area contributed by atoms with Crippen molar-refractivity contribution in [3.63, 3.8) is 0 Å². The van der Waals surface area contributed by atoms with Crippen LogP contribution < -0.4 is 20.7 Å². The molecule has 1 aromatic rings. The predicted octanol–water partition coefficient (Wildman–Crippen LogP) is 2.22. The molecule has 0 saturated carbocycles. The number of carbonyl (C=O) groups excluding carboxylic acids is 2. The Kier molecular flexibility index (Phi) is 5.46. The van der Waals surface area contributed by atoms with Gasteiger partial charge < -0.3 is 25.4 Å². The maximum absolute atomic E-state index is 11.9. The molecule has 8 heteroatoms. The maximum atomic E-state index is 11.9. The molecule has 120 valence electrons. The zero-order valence-electron chi connectivity index (χ0n) is 12.4. The average Bonchev–Trinajstić information content (AvgIpc) is 2.46. The number of hydrogen-bond acceptors (Lipinski definition) is 4. The first kappa shape index (κ1) is 16.4. The fourth-order valence-corrected chi connectivity index (χ4v) is 2.16. The molecule has 0 saturated heterocycles. The molecule has 1 aliphatic rings. The number of rotatable bonds is 5. The van der Waals surface area contributed by atoms with Gasteiger partial charge in [-0.1, -0.05) is 11.6 Å². The molecule has 0 bridgehead atoms. The zero-order valence-corrected chi connectivity index (χ0v) is 13.1. The van der Waals surface area contributed by atoms with Crippen molar-refractivity contribution in [2.45, 2.75) is 19.4 Å². The van der Waals surface area contributed by atoms with E-state index < -0.39 is 0 Å². The minimum Gasteiger partial charge on any atom is -0.482 e. The number of fused-ring (bicyclic) bond motifs is 1. The predicted molar refractivity (Wildman–Crippen MR) is 83.7 cm³/mol. The molecule has 3 amide bonds. The van der Waals surface area contributed by atoms with Gasteiger partial charge in [0.15, 0.2) is 6.61 Å². The Balaban J connectivity index is 2.01. The highest BCUT2D eigenvalue weighted by Crippen LogP contribution is 2.36. The van der Waals surface area contributed by atoms with Crippen LogP contribution in [0.5, 0.6) is 5.75 Å². The van der Waals surface area contributed by atoms with E-state index in [1.807, 2.05) is 6.92 Å². The lowest BCUT2D eigenvalue weighted by Crippen LogP contribution is -2.36. The quantitative estimate of drug-likeness (QED) is 0.773. The second-order valence-electron chi connectivity index (χ2n) is 4.95. The summed E-state index contributed by atoms with van der Waals surface area (Å²) < 4.78 is 10.2. The van der Waals surface area contributed by atoms with Gasteiger partial charge in [0, 0.05) is 25.8 Å². The molecule has 22 heavy (non-hydrogen) atoms. The highest BCUT2D eigenvalue weighted by molar-refractivity contribution is 6.34. The summed E-state index contributed by atoms with van der Waals surface area (Å²) in [4.78, 5) is 23.2. The molecule has 1 aliphatic heterocycles. The highest BCUT2D eigenvalue weighted by atomic mass is 35.5. The molecule has 0 spiro atoms. The first-order valence-corrected chi connectivity index (χ1v) is 7.20. The van der Waals surface area contributed by atoms with E-state index >= 15 is 0 Å². The Morgan fingerprint density at radius 1 is 1.55 bits per heavy atom. The molecule has 0 unspecified atom stereocenters. The van der Waals surface area contributed by atoms with Crippen LogP contribution in [0.2, 0.25) is 5.02 Å². The molecular formula is C14H18ClN3O4. The van der Waals surface area contributed by atoms with E-state index in [2.05, 4.69) is 16.0 Å². The summed E-state index contributed by atoms with van der Waals surface area (Å²) in [5.41, 5.74) is 0.897. The number of urea groups is 1. The molecule has 3 N–H and O–H groups in total. The van der Waals surface area contributed by atoms with E-state index in [1.54, 1.807) is 13.2 Å². The van der Waals surface area contributed by atoms with E-state index in [-0.39, 0.29) is 24.6 Å². The van der Waals surface area contributed by atoms with Crippen molar-refractivity contribution in [1.29, 1.82) is 0 Å². The second kappa shape index (κ2) is 7.33. The SMILES string of the molecule is COCC[C@@H](C)NC(=O)Nc1cc2c(cc1Cl)NC(=O)CO2. The third-order valence-corrected chi connectivity index (χ3v) is 3.40. The Hall–Kier alpha value is -1.99. The van der Waals surface area contributed by atoms with Gasteiger partial charge >= 0.3 is 6.03 Å². The Bertz CT molecular complexity index is 579. The number of hydrogen-bond donors (Lipinski definition) is 3. The fraction of sp³-hybridized carbons (Fsp3) is 0.429. The minimum atomic E-state index is -0.370. The van der Waals surface area contributed by atoms with Gasteiger partial charge in [-0.05, 0) is 19.4 Å². The van der Waals surface area contributed by atoms with Crippen LogP contribution in [0.25, 0.3) is 0 Å². The molecule has 0 radical (unpaired) electrons. The molecule has 0 aromatic heterocycles. The monoisotopic (exact) mass is 327 g/mol. The summed E-state index contributed by atoms with van der Waals surface area (Å²) in [6.45, 7) is 2.38. The minimum absolute atomic E-state index is 0.0353. The Labute approximate surface area is 133 Å². The molecular weight excluding hydrogens is 310 g/mol. The van der Waals surface area contributed by atoms with Gasteiger partial charge in [-0.2, -0.15) is 0 Å². The van der Waals surface area contributed by atoms with Crippen molar-refractivity contribution >= 4 is 34.9 Å². The van der Waals surface area contributed by atoms with E-state index in [1.165, 1.54) is 6.07 Å². The second-order valence-corrected chi connectivity index (χ2v) is 5.35. The molecule has 0 aliphatic carbocycles. The molecule has 7 nitrogen and oxygen atoms in total. The Morgan fingerprint density at radius 2 is 2.32 bits per heavy atom. The first-order valence-electron chi connectivity index (χ1n) is 6.82. The van der Waals surface area contributed by atoms with Crippen LogP contribution in [-0.2, 0) is 9.53 Å². The number of benzene rings is 1. The third kappa shape index (κ3) is 4.25. The molecule has 1 heterocycles. The van der Waals surface area contributed by atoms with Crippen LogP contribution in [-0.4, -0.2) is 38.3 Å². The zero-order chi connectivity index (χ0) is 16.1. The van der Waals surface area contributed by atoms with Crippen molar-refractivity contribution in [2.24, 2.45) is 0 Å². The van der Waals surface area contributed by atoms with E-state index in [0.717, 1.165) is 0 Å². The number of methoxy groups -OCH3 is 1. The van der Waals surface area contributed by atoms with Crippen molar-refractivity contribution in [3.05, 3.63) is 17.2 Å². The van der Waals surface area contributed by atoms with Crippen molar-refractivity contribution < 1.29 is 19.1 Å². The summed E-state index contributed by atoms with van der Waals surface area (Å²) in [7, 11) is 1.61. The maximum Gasteiger partial charge on any atom is 0.319 e. The topological polar surface area (TPSA) is 88.7 Å². The molecule has 1 aromatic carbocycles. The van der Waals surface area contributed by atoms with Gasteiger partial charge in [-0.3, -0.25) is 4.79 Å². The summed E-state index contributed by atoms with van der Waals surface area (Å²) in [6, 6.07) is 2.71. The van der Waals surface area contributed by atoms with Crippen LogP contribution >= 0.6 is 11.6 Å². The van der Waals surface area contributed by atoms with Crippen LogP contribution in [0, 0.1) is 0 Å². The largest absolute Gasteiger partial charge is 0.482 e. The number of halogens is 1. The summed E-state index contributed by atoms with van der Waals surface area (Å²) in [5.74, 6) is 0.223. The van der Waals surface area contributed by atoms with Crippen molar-refractivity contribution in [2.75, 3.05) is 31.0 Å². The third-order valence-electron chi connectivity index (χ3n) is 3.08. The molecule has 0 fully saturated rings. The van der Waals surface area contributed by atoms with Gasteiger partial charge in [-0.15, -0.1) is 0 Å². The van der Waals surface area contributed by atoms with E-state index in [0.29, 0.717) is 35.2 Å². The Morgan fingerprint density at radius 3 is 3.05 bits per heavy atom.